The van der Waals surface area contributed by atoms with E-state index in [4.69, 9.17) is 38.6 Å². The van der Waals surface area contributed by atoms with E-state index < -0.39 is 17.9 Å². The monoisotopic (exact) mass is 382 g/mol. The van der Waals surface area contributed by atoms with E-state index in [-0.39, 0.29) is 39.6 Å². The first-order chi connectivity index (χ1) is 12.4. The number of esters is 1. The van der Waals surface area contributed by atoms with Crippen molar-refractivity contribution in [3.63, 3.8) is 0 Å². The van der Waals surface area contributed by atoms with E-state index in [1.807, 2.05) is 0 Å². The minimum atomic E-state index is -0.640. The zero-order valence-corrected chi connectivity index (χ0v) is 16.1. The summed E-state index contributed by atoms with van der Waals surface area (Å²) in [7, 11) is 0. The van der Waals surface area contributed by atoms with Gasteiger partial charge in [0.15, 0.2) is 6.29 Å². The van der Waals surface area contributed by atoms with Gasteiger partial charge in [0, 0.05) is 6.42 Å². The standard InChI is InChI=1S/C17H34O9/c1-17(2,3)26-15(20)14-25-16(24-13-12-23-9-6-19)4-7-21-10-11-22-8-5-18/h16,18-19H,4-14H2,1-3H3. The van der Waals surface area contributed by atoms with Crippen molar-refractivity contribution in [1.82, 2.24) is 0 Å². The highest BCUT2D eigenvalue weighted by Gasteiger charge is 2.18. The fourth-order valence-electron chi connectivity index (χ4n) is 1.72. The Morgan fingerprint density at radius 1 is 0.808 bits per heavy atom. The van der Waals surface area contributed by atoms with Crippen molar-refractivity contribution in [2.75, 3.05) is 66.1 Å². The molecule has 0 aliphatic heterocycles. The predicted molar refractivity (Wildman–Crippen MR) is 92.8 cm³/mol. The van der Waals surface area contributed by atoms with Crippen LogP contribution in [0.1, 0.15) is 27.2 Å². The lowest BCUT2D eigenvalue weighted by Gasteiger charge is -2.22. The van der Waals surface area contributed by atoms with Gasteiger partial charge in [0.25, 0.3) is 0 Å². The summed E-state index contributed by atoms with van der Waals surface area (Å²) in [6.07, 6.45) is -0.221. The van der Waals surface area contributed by atoms with E-state index in [2.05, 4.69) is 0 Å². The second kappa shape index (κ2) is 16.4. The van der Waals surface area contributed by atoms with E-state index in [9.17, 15) is 4.79 Å². The number of hydrogen-bond donors (Lipinski definition) is 2. The van der Waals surface area contributed by atoms with E-state index in [1.54, 1.807) is 20.8 Å². The average molecular weight is 382 g/mol. The molecule has 0 amide bonds. The third-order valence-electron chi connectivity index (χ3n) is 2.68. The Morgan fingerprint density at radius 2 is 1.35 bits per heavy atom. The van der Waals surface area contributed by atoms with Crippen LogP contribution in [0.5, 0.6) is 0 Å². The number of carbonyl (C=O) groups is 1. The molecule has 0 spiro atoms. The zero-order valence-electron chi connectivity index (χ0n) is 16.1. The number of aliphatic hydroxyl groups excluding tert-OH is 2. The quantitative estimate of drug-likeness (QED) is 0.206. The smallest absolute Gasteiger partial charge is 0.332 e. The lowest BCUT2D eigenvalue weighted by atomic mass is 10.2. The minimum Gasteiger partial charge on any atom is -0.458 e. The van der Waals surface area contributed by atoms with Gasteiger partial charge in [0.1, 0.15) is 12.2 Å². The Labute approximate surface area is 155 Å². The van der Waals surface area contributed by atoms with Gasteiger partial charge in [-0.25, -0.2) is 4.79 Å². The highest BCUT2D eigenvalue weighted by atomic mass is 16.7. The van der Waals surface area contributed by atoms with Gasteiger partial charge in [-0.1, -0.05) is 0 Å². The first-order valence-corrected chi connectivity index (χ1v) is 8.79. The van der Waals surface area contributed by atoms with Crippen LogP contribution >= 0.6 is 0 Å². The molecule has 156 valence electrons. The molecular weight excluding hydrogens is 348 g/mol. The molecule has 0 aromatic rings. The summed E-state index contributed by atoms with van der Waals surface area (Å²) in [5, 5.41) is 17.2. The maximum absolute atomic E-state index is 11.7. The van der Waals surface area contributed by atoms with Crippen molar-refractivity contribution in [2.45, 2.75) is 39.1 Å². The molecule has 9 nitrogen and oxygen atoms in total. The van der Waals surface area contributed by atoms with Crippen molar-refractivity contribution >= 4 is 5.97 Å². The normalized spacial score (nSPS) is 13.0. The van der Waals surface area contributed by atoms with E-state index in [0.717, 1.165) is 0 Å². The molecular formula is C17H34O9. The molecule has 0 fully saturated rings. The maximum atomic E-state index is 11.7. The fourth-order valence-corrected chi connectivity index (χ4v) is 1.72. The van der Waals surface area contributed by atoms with Crippen molar-refractivity contribution in [2.24, 2.45) is 0 Å². The Kier molecular flexibility index (Phi) is 15.9. The van der Waals surface area contributed by atoms with Crippen LogP contribution in [-0.2, 0) is 33.2 Å². The molecule has 0 aliphatic carbocycles. The molecule has 1 unspecified atom stereocenters. The van der Waals surface area contributed by atoms with Gasteiger partial charge in [-0.15, -0.1) is 0 Å². The number of rotatable bonds is 17. The molecule has 0 aromatic heterocycles. The first-order valence-electron chi connectivity index (χ1n) is 8.79. The van der Waals surface area contributed by atoms with Crippen molar-refractivity contribution < 1.29 is 43.4 Å². The van der Waals surface area contributed by atoms with E-state index in [1.165, 1.54) is 0 Å². The van der Waals surface area contributed by atoms with Gasteiger partial charge < -0.3 is 38.6 Å². The molecule has 0 rings (SSSR count). The molecule has 0 bridgehead atoms. The summed E-state index contributed by atoms with van der Waals surface area (Å²) in [6.45, 7) is 7.28. The maximum Gasteiger partial charge on any atom is 0.332 e. The van der Waals surface area contributed by atoms with Crippen molar-refractivity contribution in [3.05, 3.63) is 0 Å². The van der Waals surface area contributed by atoms with Crippen LogP contribution < -0.4 is 0 Å². The van der Waals surface area contributed by atoms with Gasteiger partial charge in [-0.2, -0.15) is 0 Å². The summed E-state index contributed by atoms with van der Waals surface area (Å²) in [6, 6.07) is 0. The predicted octanol–water partition coefficient (Wildman–Crippen LogP) is 0.112. The number of aliphatic hydroxyl groups is 2. The van der Waals surface area contributed by atoms with Gasteiger partial charge in [-0.3, -0.25) is 0 Å². The Balaban J connectivity index is 4.05. The van der Waals surface area contributed by atoms with Crippen LogP contribution in [0.25, 0.3) is 0 Å². The molecule has 26 heavy (non-hydrogen) atoms. The summed E-state index contributed by atoms with van der Waals surface area (Å²) in [5.41, 5.74) is -0.577. The van der Waals surface area contributed by atoms with Crippen LogP contribution in [0.15, 0.2) is 0 Å². The Hall–Kier alpha value is -0.810. The van der Waals surface area contributed by atoms with Gasteiger partial charge >= 0.3 is 5.97 Å². The SMILES string of the molecule is CC(C)(C)OC(=O)COC(CCOCCOCCO)OCCOCCO. The molecule has 0 aromatic carbocycles. The highest BCUT2D eigenvalue weighted by Crippen LogP contribution is 2.08. The number of carbonyl (C=O) groups excluding carboxylic acids is 1. The van der Waals surface area contributed by atoms with Crippen LogP contribution in [0.4, 0.5) is 0 Å². The second-order valence-electron chi connectivity index (χ2n) is 6.27. The van der Waals surface area contributed by atoms with Gasteiger partial charge in [0.05, 0.1) is 59.5 Å². The fraction of sp³-hybridized carbons (Fsp3) is 0.941. The summed E-state index contributed by atoms with van der Waals surface area (Å²) in [5.74, 6) is -0.471. The van der Waals surface area contributed by atoms with Gasteiger partial charge in [-0.05, 0) is 20.8 Å². The molecule has 2 N–H and O–H groups in total. The molecule has 0 radical (unpaired) electrons. The van der Waals surface area contributed by atoms with Gasteiger partial charge in [0.2, 0.25) is 0 Å². The van der Waals surface area contributed by atoms with Crippen LogP contribution in [0.2, 0.25) is 0 Å². The topological polar surface area (TPSA) is 113 Å². The summed E-state index contributed by atoms with van der Waals surface area (Å²) in [4.78, 5) is 11.7. The largest absolute Gasteiger partial charge is 0.458 e. The lowest BCUT2D eigenvalue weighted by Crippen LogP contribution is -2.30. The molecule has 0 saturated heterocycles. The van der Waals surface area contributed by atoms with E-state index >= 15 is 0 Å². The Bertz CT molecular complexity index is 331. The third-order valence-corrected chi connectivity index (χ3v) is 2.68. The number of ether oxygens (including phenoxy) is 6. The average Bonchev–Trinajstić information content (AvgIpc) is 2.56. The molecule has 0 saturated carbocycles. The molecule has 0 heterocycles. The lowest BCUT2D eigenvalue weighted by molar-refractivity contribution is -0.187. The minimum absolute atomic E-state index is 0.0211. The third kappa shape index (κ3) is 18.0. The van der Waals surface area contributed by atoms with Crippen LogP contribution in [0, 0.1) is 0 Å². The molecule has 9 heteroatoms. The summed E-state index contributed by atoms with van der Waals surface area (Å²) >= 11 is 0. The Morgan fingerprint density at radius 3 is 1.88 bits per heavy atom. The number of hydrogen-bond acceptors (Lipinski definition) is 9. The zero-order chi connectivity index (χ0) is 19.7. The van der Waals surface area contributed by atoms with Crippen molar-refractivity contribution in [3.8, 4) is 0 Å². The summed E-state index contributed by atoms with van der Waals surface area (Å²) < 4.78 is 31.8. The van der Waals surface area contributed by atoms with Crippen molar-refractivity contribution in [1.29, 1.82) is 0 Å². The molecule has 1 atom stereocenters. The first kappa shape index (κ1) is 25.2. The van der Waals surface area contributed by atoms with Crippen LogP contribution in [0.3, 0.4) is 0 Å². The van der Waals surface area contributed by atoms with Crippen LogP contribution in [-0.4, -0.2) is 94.1 Å². The second-order valence-corrected chi connectivity index (χ2v) is 6.27. The highest BCUT2D eigenvalue weighted by molar-refractivity contribution is 5.71. The van der Waals surface area contributed by atoms with E-state index in [0.29, 0.717) is 32.8 Å². The molecule has 0 aliphatic rings.